The van der Waals surface area contributed by atoms with Crippen molar-refractivity contribution < 1.29 is 10.2 Å². The van der Waals surface area contributed by atoms with Crippen LogP contribution >= 0.6 is 0 Å². The van der Waals surface area contributed by atoms with Gasteiger partial charge in [-0.2, -0.15) is 0 Å². The fraction of sp³-hybridized carbons (Fsp3) is 0.200. The van der Waals surface area contributed by atoms with Crippen LogP contribution in [-0.4, -0.2) is 22.9 Å². The molecule has 0 saturated carbocycles. The maximum Gasteiger partial charge on any atom is 0.102 e. The molecule has 0 heterocycles. The SMILES string of the molecule is C=C(c1ccccc1)C(O)CO. The van der Waals surface area contributed by atoms with Crippen molar-refractivity contribution in [1.82, 2.24) is 0 Å². The largest absolute Gasteiger partial charge is 0.393 e. The van der Waals surface area contributed by atoms with Gasteiger partial charge in [-0.15, -0.1) is 0 Å². The van der Waals surface area contributed by atoms with Crippen LogP contribution in [0.3, 0.4) is 0 Å². The van der Waals surface area contributed by atoms with Crippen LogP contribution in [0, 0.1) is 0 Å². The first-order valence-electron chi connectivity index (χ1n) is 3.79. The summed E-state index contributed by atoms with van der Waals surface area (Å²) in [6.45, 7) is 3.40. The number of hydrogen-bond acceptors (Lipinski definition) is 2. The Morgan fingerprint density at radius 2 is 1.92 bits per heavy atom. The van der Waals surface area contributed by atoms with Crippen LogP contribution in [0.4, 0.5) is 0 Å². The highest BCUT2D eigenvalue weighted by atomic mass is 16.3. The van der Waals surface area contributed by atoms with Gasteiger partial charge in [0.15, 0.2) is 0 Å². The maximum absolute atomic E-state index is 9.23. The molecule has 0 bridgehead atoms. The molecule has 0 aliphatic rings. The summed E-state index contributed by atoms with van der Waals surface area (Å²) in [5.74, 6) is 0. The highest BCUT2D eigenvalue weighted by Gasteiger charge is 2.07. The van der Waals surface area contributed by atoms with Crippen molar-refractivity contribution >= 4 is 5.57 Å². The second kappa shape index (κ2) is 4.04. The van der Waals surface area contributed by atoms with Crippen molar-refractivity contribution in [3.63, 3.8) is 0 Å². The number of aliphatic hydroxyl groups is 2. The molecule has 0 aliphatic heterocycles. The van der Waals surface area contributed by atoms with E-state index in [0.29, 0.717) is 5.57 Å². The molecule has 2 nitrogen and oxygen atoms in total. The Morgan fingerprint density at radius 3 is 2.42 bits per heavy atom. The maximum atomic E-state index is 9.23. The third-order valence-electron chi connectivity index (χ3n) is 1.72. The first-order chi connectivity index (χ1) is 5.75. The summed E-state index contributed by atoms with van der Waals surface area (Å²) >= 11 is 0. The molecule has 0 aromatic heterocycles. The molecule has 1 aromatic carbocycles. The standard InChI is InChI=1S/C10H12O2/c1-8(10(12)7-11)9-5-3-2-4-6-9/h2-6,10-12H,1,7H2. The molecular formula is C10H12O2. The Morgan fingerprint density at radius 1 is 1.33 bits per heavy atom. The lowest BCUT2D eigenvalue weighted by Gasteiger charge is -2.10. The summed E-state index contributed by atoms with van der Waals surface area (Å²) < 4.78 is 0. The Kier molecular flexibility index (Phi) is 3.02. The van der Waals surface area contributed by atoms with Crippen LogP contribution in [0.2, 0.25) is 0 Å². The van der Waals surface area contributed by atoms with Crippen molar-refractivity contribution in [3.05, 3.63) is 42.5 Å². The minimum absolute atomic E-state index is 0.284. The van der Waals surface area contributed by atoms with Crippen LogP contribution in [0.1, 0.15) is 5.56 Å². The van der Waals surface area contributed by atoms with E-state index in [1.807, 2.05) is 30.3 Å². The third-order valence-corrected chi connectivity index (χ3v) is 1.72. The molecule has 0 radical (unpaired) electrons. The van der Waals surface area contributed by atoms with E-state index in [0.717, 1.165) is 5.56 Å². The quantitative estimate of drug-likeness (QED) is 0.701. The summed E-state index contributed by atoms with van der Waals surface area (Å²) in [6, 6.07) is 9.32. The fourth-order valence-electron chi connectivity index (χ4n) is 0.955. The Bertz CT molecular complexity index is 254. The van der Waals surface area contributed by atoms with E-state index in [9.17, 15) is 5.11 Å². The van der Waals surface area contributed by atoms with Gasteiger partial charge in [-0.1, -0.05) is 36.9 Å². The minimum Gasteiger partial charge on any atom is -0.393 e. The lowest BCUT2D eigenvalue weighted by Crippen LogP contribution is -2.13. The fourth-order valence-corrected chi connectivity index (χ4v) is 0.955. The molecule has 0 amide bonds. The molecule has 0 spiro atoms. The van der Waals surface area contributed by atoms with Crippen LogP contribution in [0.5, 0.6) is 0 Å². The van der Waals surface area contributed by atoms with E-state index >= 15 is 0 Å². The summed E-state index contributed by atoms with van der Waals surface area (Å²) in [4.78, 5) is 0. The Hall–Kier alpha value is -1.12. The zero-order valence-corrected chi connectivity index (χ0v) is 6.77. The van der Waals surface area contributed by atoms with Gasteiger partial charge in [0, 0.05) is 0 Å². The van der Waals surface area contributed by atoms with Crippen LogP contribution in [0.15, 0.2) is 36.9 Å². The van der Waals surface area contributed by atoms with Crippen LogP contribution in [0.25, 0.3) is 5.57 Å². The smallest absolute Gasteiger partial charge is 0.102 e. The Balaban J connectivity index is 2.79. The highest BCUT2D eigenvalue weighted by molar-refractivity contribution is 5.66. The van der Waals surface area contributed by atoms with Gasteiger partial charge in [0.05, 0.1) is 6.61 Å². The summed E-state index contributed by atoms with van der Waals surface area (Å²) in [5, 5.41) is 17.9. The van der Waals surface area contributed by atoms with E-state index in [-0.39, 0.29) is 6.61 Å². The third kappa shape index (κ3) is 1.94. The number of hydrogen-bond donors (Lipinski definition) is 2. The number of benzene rings is 1. The number of rotatable bonds is 3. The molecule has 0 aliphatic carbocycles. The lowest BCUT2D eigenvalue weighted by atomic mass is 10.0. The summed E-state index contributed by atoms with van der Waals surface area (Å²) in [7, 11) is 0. The zero-order chi connectivity index (χ0) is 8.97. The first-order valence-corrected chi connectivity index (χ1v) is 3.79. The van der Waals surface area contributed by atoms with Gasteiger partial charge in [0.25, 0.3) is 0 Å². The molecule has 2 heteroatoms. The van der Waals surface area contributed by atoms with Crippen molar-refractivity contribution in [2.45, 2.75) is 6.10 Å². The average Bonchev–Trinajstić information content (AvgIpc) is 2.17. The molecule has 12 heavy (non-hydrogen) atoms. The van der Waals surface area contributed by atoms with Crippen LogP contribution < -0.4 is 0 Å². The summed E-state index contributed by atoms with van der Waals surface area (Å²) in [5.41, 5.74) is 1.41. The number of aliphatic hydroxyl groups excluding tert-OH is 2. The van der Waals surface area contributed by atoms with E-state index in [4.69, 9.17) is 5.11 Å². The van der Waals surface area contributed by atoms with Crippen molar-refractivity contribution in [1.29, 1.82) is 0 Å². The summed E-state index contributed by atoms with van der Waals surface area (Å²) in [6.07, 6.45) is -0.854. The van der Waals surface area contributed by atoms with Gasteiger partial charge in [-0.25, -0.2) is 0 Å². The predicted molar refractivity (Wildman–Crippen MR) is 48.6 cm³/mol. The molecule has 0 fully saturated rings. The van der Waals surface area contributed by atoms with Crippen molar-refractivity contribution in [3.8, 4) is 0 Å². The van der Waals surface area contributed by atoms with Gasteiger partial charge in [-0.3, -0.25) is 0 Å². The second-order valence-electron chi connectivity index (χ2n) is 2.59. The molecule has 64 valence electrons. The van der Waals surface area contributed by atoms with E-state index in [2.05, 4.69) is 6.58 Å². The molecule has 1 rings (SSSR count). The topological polar surface area (TPSA) is 40.5 Å². The zero-order valence-electron chi connectivity index (χ0n) is 6.77. The molecular weight excluding hydrogens is 152 g/mol. The average molecular weight is 164 g/mol. The molecule has 1 aromatic rings. The molecule has 0 saturated heterocycles. The molecule has 2 N–H and O–H groups in total. The van der Waals surface area contributed by atoms with E-state index in [1.165, 1.54) is 0 Å². The first kappa shape index (κ1) is 8.97. The minimum atomic E-state index is -0.854. The van der Waals surface area contributed by atoms with Gasteiger partial charge >= 0.3 is 0 Å². The monoisotopic (exact) mass is 164 g/mol. The normalized spacial score (nSPS) is 12.5. The van der Waals surface area contributed by atoms with Gasteiger partial charge in [0.1, 0.15) is 6.10 Å². The van der Waals surface area contributed by atoms with E-state index in [1.54, 1.807) is 0 Å². The Labute approximate surface area is 71.8 Å². The van der Waals surface area contributed by atoms with Gasteiger partial charge in [-0.05, 0) is 11.1 Å². The second-order valence-corrected chi connectivity index (χ2v) is 2.59. The molecule has 1 atom stereocenters. The van der Waals surface area contributed by atoms with E-state index < -0.39 is 6.10 Å². The van der Waals surface area contributed by atoms with Crippen molar-refractivity contribution in [2.24, 2.45) is 0 Å². The van der Waals surface area contributed by atoms with Crippen LogP contribution in [-0.2, 0) is 0 Å². The molecule has 1 unspecified atom stereocenters. The lowest BCUT2D eigenvalue weighted by molar-refractivity contribution is 0.138. The predicted octanol–water partition coefficient (Wildman–Crippen LogP) is 1.05. The van der Waals surface area contributed by atoms with Gasteiger partial charge in [0.2, 0.25) is 0 Å². The van der Waals surface area contributed by atoms with Gasteiger partial charge < -0.3 is 10.2 Å². The van der Waals surface area contributed by atoms with Crippen molar-refractivity contribution in [2.75, 3.05) is 6.61 Å². The highest BCUT2D eigenvalue weighted by Crippen LogP contribution is 2.14.